The maximum absolute atomic E-state index is 12.8. The highest BCUT2D eigenvalue weighted by molar-refractivity contribution is 6.04. The molecule has 2 heterocycles. The van der Waals surface area contributed by atoms with Gasteiger partial charge in [-0.2, -0.15) is 0 Å². The fourth-order valence-corrected chi connectivity index (χ4v) is 4.64. The number of aromatic nitrogens is 3. The molecule has 0 saturated heterocycles. The first-order valence-electron chi connectivity index (χ1n) is 12.1. The van der Waals surface area contributed by atoms with Gasteiger partial charge in [0.2, 0.25) is 5.95 Å². The van der Waals surface area contributed by atoms with Crippen molar-refractivity contribution in [3.63, 3.8) is 0 Å². The SMILES string of the molecule is Cc1cc(C)cc(NC(=O)c2ccc(Nc3nc(-c4ccc5[nH]ccc5c4)c4ccccc4n3)cc2)c1. The lowest BCUT2D eigenvalue weighted by atomic mass is 10.0. The van der Waals surface area contributed by atoms with Gasteiger partial charge >= 0.3 is 0 Å². The minimum absolute atomic E-state index is 0.152. The Kier molecular flexibility index (Phi) is 5.62. The third-order valence-electron chi connectivity index (χ3n) is 6.31. The van der Waals surface area contributed by atoms with Crippen molar-refractivity contribution in [1.82, 2.24) is 15.0 Å². The number of hydrogen-bond donors (Lipinski definition) is 3. The van der Waals surface area contributed by atoms with Crippen LogP contribution in [0.3, 0.4) is 0 Å². The number of anilines is 3. The Balaban J connectivity index is 1.27. The molecule has 4 aromatic carbocycles. The van der Waals surface area contributed by atoms with Crippen molar-refractivity contribution in [2.75, 3.05) is 10.6 Å². The van der Waals surface area contributed by atoms with Crippen LogP contribution in [0.15, 0.2) is 97.2 Å². The highest BCUT2D eigenvalue weighted by Crippen LogP contribution is 2.30. The Morgan fingerprint density at radius 1 is 0.784 bits per heavy atom. The molecule has 0 atom stereocenters. The lowest BCUT2D eigenvalue weighted by molar-refractivity contribution is 0.102. The van der Waals surface area contributed by atoms with Crippen molar-refractivity contribution in [3.05, 3.63) is 114 Å². The van der Waals surface area contributed by atoms with Crippen LogP contribution >= 0.6 is 0 Å². The molecule has 0 radical (unpaired) electrons. The molecule has 0 spiro atoms. The highest BCUT2D eigenvalue weighted by Gasteiger charge is 2.12. The van der Waals surface area contributed by atoms with E-state index in [-0.39, 0.29) is 5.91 Å². The van der Waals surface area contributed by atoms with Crippen LogP contribution in [0.1, 0.15) is 21.5 Å². The number of hydrogen-bond acceptors (Lipinski definition) is 4. The van der Waals surface area contributed by atoms with Crippen LogP contribution in [-0.2, 0) is 0 Å². The summed E-state index contributed by atoms with van der Waals surface area (Å²) < 4.78 is 0. The smallest absolute Gasteiger partial charge is 0.255 e. The molecule has 0 unspecified atom stereocenters. The molecule has 6 heteroatoms. The fourth-order valence-electron chi connectivity index (χ4n) is 4.64. The zero-order chi connectivity index (χ0) is 25.4. The summed E-state index contributed by atoms with van der Waals surface area (Å²) in [5, 5.41) is 8.40. The molecule has 1 amide bonds. The summed E-state index contributed by atoms with van der Waals surface area (Å²) in [5.74, 6) is 0.344. The lowest BCUT2D eigenvalue weighted by Crippen LogP contribution is -2.12. The van der Waals surface area contributed by atoms with Gasteiger partial charge in [0.25, 0.3) is 5.91 Å². The molecule has 0 aliphatic heterocycles. The number of fused-ring (bicyclic) bond motifs is 2. The second-order valence-electron chi connectivity index (χ2n) is 9.23. The standard InChI is InChI=1S/C31H25N5O/c1-19-15-20(2)17-25(16-19)33-30(37)21-7-10-24(11-8-21)34-31-35-28-6-4-3-5-26(28)29(36-31)23-9-12-27-22(18-23)13-14-32-27/h3-18,32H,1-2H3,(H,33,37)(H,34,35,36). The number of H-pyrrole nitrogens is 1. The number of nitrogens with zero attached hydrogens (tertiary/aromatic N) is 2. The third kappa shape index (κ3) is 4.65. The van der Waals surface area contributed by atoms with E-state index in [0.717, 1.165) is 55.6 Å². The molecule has 6 rings (SSSR count). The summed E-state index contributed by atoms with van der Waals surface area (Å²) in [7, 11) is 0. The second kappa shape index (κ2) is 9.24. The minimum Gasteiger partial charge on any atom is -0.361 e. The zero-order valence-corrected chi connectivity index (χ0v) is 20.5. The molecule has 6 aromatic rings. The van der Waals surface area contributed by atoms with Crippen molar-refractivity contribution in [2.45, 2.75) is 13.8 Å². The predicted octanol–water partition coefficient (Wildman–Crippen LogP) is 7.39. The molecule has 37 heavy (non-hydrogen) atoms. The second-order valence-corrected chi connectivity index (χ2v) is 9.23. The molecule has 0 saturated carbocycles. The summed E-state index contributed by atoms with van der Waals surface area (Å²) in [6, 6.07) is 29.6. The first kappa shape index (κ1) is 22.5. The lowest BCUT2D eigenvalue weighted by Gasteiger charge is -2.11. The van der Waals surface area contributed by atoms with E-state index in [1.165, 1.54) is 0 Å². The van der Waals surface area contributed by atoms with Crippen LogP contribution in [0.4, 0.5) is 17.3 Å². The van der Waals surface area contributed by atoms with Gasteiger partial charge in [-0.1, -0.05) is 30.3 Å². The molecule has 0 fully saturated rings. The molecule has 180 valence electrons. The van der Waals surface area contributed by atoms with E-state index in [1.54, 1.807) is 12.1 Å². The normalized spacial score (nSPS) is 11.1. The summed E-state index contributed by atoms with van der Waals surface area (Å²) in [6.45, 7) is 4.03. The van der Waals surface area contributed by atoms with Gasteiger partial charge in [-0.15, -0.1) is 0 Å². The Hall–Kier alpha value is -4.97. The van der Waals surface area contributed by atoms with E-state index < -0.39 is 0 Å². The molecule has 0 aliphatic carbocycles. The Bertz CT molecular complexity index is 1750. The average Bonchev–Trinajstić information content (AvgIpc) is 3.36. The number of para-hydroxylation sites is 1. The fraction of sp³-hybridized carbons (Fsp3) is 0.0645. The van der Waals surface area contributed by atoms with Gasteiger partial charge in [-0.05, 0) is 85.6 Å². The number of aromatic amines is 1. The molecule has 0 aliphatic rings. The quantitative estimate of drug-likeness (QED) is 0.239. The van der Waals surface area contributed by atoms with E-state index in [2.05, 4.69) is 45.9 Å². The van der Waals surface area contributed by atoms with Gasteiger partial charge in [0.15, 0.2) is 0 Å². The largest absolute Gasteiger partial charge is 0.361 e. The molecule has 0 bridgehead atoms. The number of rotatable bonds is 5. The van der Waals surface area contributed by atoms with E-state index in [1.807, 2.05) is 68.6 Å². The highest BCUT2D eigenvalue weighted by atomic mass is 16.1. The Labute approximate surface area is 214 Å². The molecular formula is C31H25N5O. The van der Waals surface area contributed by atoms with Crippen molar-refractivity contribution in [3.8, 4) is 11.3 Å². The van der Waals surface area contributed by atoms with Crippen molar-refractivity contribution in [2.24, 2.45) is 0 Å². The maximum Gasteiger partial charge on any atom is 0.255 e. The molecule has 6 nitrogen and oxygen atoms in total. The number of nitrogens with one attached hydrogen (secondary N) is 3. The molecule has 2 aromatic heterocycles. The summed E-state index contributed by atoms with van der Waals surface area (Å²) in [5.41, 5.74) is 8.20. The topological polar surface area (TPSA) is 82.7 Å². The van der Waals surface area contributed by atoms with Crippen LogP contribution in [0.5, 0.6) is 0 Å². The van der Waals surface area contributed by atoms with E-state index >= 15 is 0 Å². The van der Waals surface area contributed by atoms with Gasteiger partial charge in [-0.25, -0.2) is 9.97 Å². The summed E-state index contributed by atoms with van der Waals surface area (Å²) >= 11 is 0. The first-order chi connectivity index (χ1) is 18.0. The van der Waals surface area contributed by atoms with Crippen LogP contribution in [-0.4, -0.2) is 20.9 Å². The Morgan fingerprint density at radius 3 is 2.38 bits per heavy atom. The van der Waals surface area contributed by atoms with Gasteiger partial charge < -0.3 is 15.6 Å². The summed E-state index contributed by atoms with van der Waals surface area (Å²) in [4.78, 5) is 25.6. The van der Waals surface area contributed by atoms with Gasteiger partial charge in [0, 0.05) is 45.0 Å². The minimum atomic E-state index is -0.152. The Morgan fingerprint density at radius 2 is 1.57 bits per heavy atom. The van der Waals surface area contributed by atoms with Gasteiger partial charge in [0.1, 0.15) is 0 Å². The van der Waals surface area contributed by atoms with Crippen LogP contribution in [0.2, 0.25) is 0 Å². The number of aryl methyl sites for hydroxylation is 2. The van der Waals surface area contributed by atoms with Crippen molar-refractivity contribution >= 4 is 45.0 Å². The van der Waals surface area contributed by atoms with E-state index in [0.29, 0.717) is 11.5 Å². The van der Waals surface area contributed by atoms with E-state index in [4.69, 9.17) is 9.97 Å². The third-order valence-corrected chi connectivity index (χ3v) is 6.31. The predicted molar refractivity (Wildman–Crippen MR) is 150 cm³/mol. The van der Waals surface area contributed by atoms with Crippen LogP contribution in [0.25, 0.3) is 33.1 Å². The van der Waals surface area contributed by atoms with E-state index in [9.17, 15) is 4.79 Å². The van der Waals surface area contributed by atoms with Gasteiger partial charge in [-0.3, -0.25) is 4.79 Å². The first-order valence-corrected chi connectivity index (χ1v) is 12.1. The number of benzene rings is 4. The molecule has 3 N–H and O–H groups in total. The average molecular weight is 484 g/mol. The van der Waals surface area contributed by atoms with Crippen molar-refractivity contribution < 1.29 is 4.79 Å². The number of carbonyl (C=O) groups is 1. The summed E-state index contributed by atoms with van der Waals surface area (Å²) in [6.07, 6.45) is 1.94. The maximum atomic E-state index is 12.8. The monoisotopic (exact) mass is 483 g/mol. The zero-order valence-electron chi connectivity index (χ0n) is 20.5. The van der Waals surface area contributed by atoms with Crippen LogP contribution < -0.4 is 10.6 Å². The van der Waals surface area contributed by atoms with Crippen LogP contribution in [0, 0.1) is 13.8 Å². The number of carbonyl (C=O) groups excluding carboxylic acids is 1. The molecular weight excluding hydrogens is 458 g/mol. The van der Waals surface area contributed by atoms with Crippen molar-refractivity contribution in [1.29, 1.82) is 0 Å². The number of amides is 1. The van der Waals surface area contributed by atoms with Gasteiger partial charge in [0.05, 0.1) is 11.2 Å².